The van der Waals surface area contributed by atoms with Crippen LogP contribution in [0.4, 0.5) is 16.2 Å². The topological polar surface area (TPSA) is 79.3 Å². The maximum absolute atomic E-state index is 12.5. The van der Waals surface area contributed by atoms with Crippen LogP contribution in [0, 0.1) is 0 Å². The SMILES string of the molecule is CC(=O)N1CCc2c(NC(=O)NCc3cn(C)nc3-c3ccccc3)cccc21. The maximum Gasteiger partial charge on any atom is 0.319 e. The van der Waals surface area contributed by atoms with Crippen molar-refractivity contribution in [2.75, 3.05) is 16.8 Å². The monoisotopic (exact) mass is 389 g/mol. The molecule has 3 aromatic rings. The smallest absolute Gasteiger partial charge is 0.319 e. The molecule has 0 saturated carbocycles. The molecule has 2 N–H and O–H groups in total. The summed E-state index contributed by atoms with van der Waals surface area (Å²) in [5.41, 5.74) is 5.40. The Morgan fingerprint density at radius 2 is 1.90 bits per heavy atom. The molecule has 1 aromatic heterocycles. The van der Waals surface area contributed by atoms with Crippen LogP contribution in [-0.4, -0.2) is 28.3 Å². The molecular weight excluding hydrogens is 366 g/mol. The quantitative estimate of drug-likeness (QED) is 0.718. The van der Waals surface area contributed by atoms with E-state index in [2.05, 4.69) is 15.7 Å². The van der Waals surface area contributed by atoms with E-state index in [-0.39, 0.29) is 11.9 Å². The molecule has 0 fully saturated rings. The molecule has 3 amide bonds. The van der Waals surface area contributed by atoms with Gasteiger partial charge in [0.2, 0.25) is 5.91 Å². The van der Waals surface area contributed by atoms with Crippen LogP contribution >= 0.6 is 0 Å². The molecule has 29 heavy (non-hydrogen) atoms. The lowest BCUT2D eigenvalue weighted by Crippen LogP contribution is -2.28. The number of benzene rings is 2. The molecule has 4 rings (SSSR count). The Labute approximate surface area is 169 Å². The van der Waals surface area contributed by atoms with Gasteiger partial charge in [0, 0.05) is 61.3 Å². The highest BCUT2D eigenvalue weighted by molar-refractivity contribution is 5.97. The predicted octanol–water partition coefficient (Wildman–Crippen LogP) is 3.32. The van der Waals surface area contributed by atoms with Crippen LogP contribution in [0.5, 0.6) is 0 Å². The minimum atomic E-state index is -0.289. The van der Waals surface area contributed by atoms with E-state index in [9.17, 15) is 9.59 Å². The first-order valence-electron chi connectivity index (χ1n) is 9.55. The molecule has 2 aromatic carbocycles. The number of fused-ring (bicyclic) bond motifs is 1. The number of nitrogens with one attached hydrogen (secondary N) is 2. The average Bonchev–Trinajstić information content (AvgIpc) is 3.31. The highest BCUT2D eigenvalue weighted by atomic mass is 16.2. The normalized spacial score (nSPS) is 12.6. The molecule has 7 nitrogen and oxygen atoms in total. The van der Waals surface area contributed by atoms with E-state index in [1.54, 1.807) is 16.5 Å². The number of anilines is 2. The Balaban J connectivity index is 1.46. The fourth-order valence-electron chi connectivity index (χ4n) is 3.73. The second-order valence-corrected chi connectivity index (χ2v) is 7.07. The zero-order valence-electron chi connectivity index (χ0n) is 16.5. The summed E-state index contributed by atoms with van der Waals surface area (Å²) in [7, 11) is 1.87. The van der Waals surface area contributed by atoms with Gasteiger partial charge in [-0.1, -0.05) is 36.4 Å². The fourth-order valence-corrected chi connectivity index (χ4v) is 3.73. The predicted molar refractivity (Wildman–Crippen MR) is 113 cm³/mol. The van der Waals surface area contributed by atoms with Crippen molar-refractivity contribution in [3.05, 3.63) is 65.9 Å². The molecule has 0 spiro atoms. The molecular formula is C22H23N5O2. The van der Waals surface area contributed by atoms with Crippen molar-refractivity contribution < 1.29 is 9.59 Å². The fraction of sp³-hybridized carbons (Fsp3) is 0.227. The molecule has 0 saturated heterocycles. The van der Waals surface area contributed by atoms with Gasteiger partial charge in [0.1, 0.15) is 0 Å². The van der Waals surface area contributed by atoms with Gasteiger partial charge in [0.15, 0.2) is 0 Å². The second-order valence-electron chi connectivity index (χ2n) is 7.07. The molecule has 0 aliphatic carbocycles. The number of amides is 3. The van der Waals surface area contributed by atoms with Gasteiger partial charge >= 0.3 is 6.03 Å². The van der Waals surface area contributed by atoms with Crippen LogP contribution < -0.4 is 15.5 Å². The summed E-state index contributed by atoms with van der Waals surface area (Å²) in [5.74, 6) is 0.00960. The number of nitrogens with zero attached hydrogens (tertiary/aromatic N) is 3. The van der Waals surface area contributed by atoms with E-state index < -0.39 is 0 Å². The number of aromatic nitrogens is 2. The minimum absolute atomic E-state index is 0.00960. The number of aryl methyl sites for hydroxylation is 1. The van der Waals surface area contributed by atoms with Crippen molar-refractivity contribution in [3.63, 3.8) is 0 Å². The Hall–Kier alpha value is -3.61. The third kappa shape index (κ3) is 3.85. The molecule has 0 atom stereocenters. The van der Waals surface area contributed by atoms with E-state index in [0.29, 0.717) is 13.1 Å². The van der Waals surface area contributed by atoms with Crippen LogP contribution in [0.1, 0.15) is 18.1 Å². The van der Waals surface area contributed by atoms with E-state index in [4.69, 9.17) is 0 Å². The van der Waals surface area contributed by atoms with Gasteiger partial charge in [-0.3, -0.25) is 9.48 Å². The van der Waals surface area contributed by atoms with Crippen LogP contribution in [0.3, 0.4) is 0 Å². The third-order valence-corrected chi connectivity index (χ3v) is 5.05. The van der Waals surface area contributed by atoms with Crippen LogP contribution in [0.15, 0.2) is 54.7 Å². The van der Waals surface area contributed by atoms with Crippen molar-refractivity contribution >= 4 is 23.3 Å². The van der Waals surface area contributed by atoms with Gasteiger partial charge in [-0.05, 0) is 18.6 Å². The minimum Gasteiger partial charge on any atom is -0.334 e. The van der Waals surface area contributed by atoms with Crippen molar-refractivity contribution in [2.24, 2.45) is 7.05 Å². The molecule has 0 unspecified atom stereocenters. The standard InChI is InChI=1S/C22H23N5O2/c1-15(28)27-12-11-18-19(9-6-10-20(18)27)24-22(29)23-13-17-14-26(2)25-21(17)16-7-4-3-5-8-16/h3-10,14H,11-13H2,1-2H3,(H2,23,24,29). The van der Waals surface area contributed by atoms with E-state index in [0.717, 1.165) is 40.2 Å². The van der Waals surface area contributed by atoms with Gasteiger partial charge in [-0.2, -0.15) is 5.10 Å². The molecule has 7 heteroatoms. The summed E-state index contributed by atoms with van der Waals surface area (Å²) < 4.78 is 1.75. The van der Waals surface area contributed by atoms with Gasteiger partial charge in [0.05, 0.1) is 5.69 Å². The Kier molecular flexibility index (Phi) is 5.03. The van der Waals surface area contributed by atoms with Crippen LogP contribution in [-0.2, 0) is 24.8 Å². The van der Waals surface area contributed by atoms with Crippen molar-refractivity contribution in [1.29, 1.82) is 0 Å². The number of carbonyl (C=O) groups is 2. The van der Waals surface area contributed by atoms with Crippen LogP contribution in [0.25, 0.3) is 11.3 Å². The molecule has 0 bridgehead atoms. The summed E-state index contributed by atoms with van der Waals surface area (Å²) in [6.07, 6.45) is 2.64. The second kappa shape index (κ2) is 7.79. The Morgan fingerprint density at radius 3 is 2.66 bits per heavy atom. The summed E-state index contributed by atoms with van der Waals surface area (Å²) in [4.78, 5) is 26.0. The highest BCUT2D eigenvalue weighted by Crippen LogP contribution is 2.33. The zero-order chi connectivity index (χ0) is 20.4. The summed E-state index contributed by atoms with van der Waals surface area (Å²) in [6.45, 7) is 2.56. The lowest BCUT2D eigenvalue weighted by atomic mass is 10.1. The lowest BCUT2D eigenvalue weighted by Gasteiger charge is -2.16. The largest absolute Gasteiger partial charge is 0.334 e. The van der Waals surface area contributed by atoms with Gasteiger partial charge < -0.3 is 15.5 Å². The third-order valence-electron chi connectivity index (χ3n) is 5.05. The van der Waals surface area contributed by atoms with E-state index >= 15 is 0 Å². The van der Waals surface area contributed by atoms with Crippen molar-refractivity contribution in [1.82, 2.24) is 15.1 Å². The average molecular weight is 389 g/mol. The molecule has 2 heterocycles. The number of hydrogen-bond acceptors (Lipinski definition) is 3. The van der Waals surface area contributed by atoms with Gasteiger partial charge in [-0.25, -0.2) is 4.79 Å². The Morgan fingerprint density at radius 1 is 1.10 bits per heavy atom. The first-order chi connectivity index (χ1) is 14.0. The van der Waals surface area contributed by atoms with Crippen LogP contribution in [0.2, 0.25) is 0 Å². The van der Waals surface area contributed by atoms with Crippen molar-refractivity contribution in [2.45, 2.75) is 19.9 Å². The molecule has 1 aliphatic heterocycles. The molecule has 0 radical (unpaired) electrons. The van der Waals surface area contributed by atoms with Crippen molar-refractivity contribution in [3.8, 4) is 11.3 Å². The summed E-state index contributed by atoms with van der Waals surface area (Å²) in [5, 5.41) is 10.4. The Bertz CT molecular complexity index is 1060. The van der Waals surface area contributed by atoms with E-state index in [1.165, 1.54) is 0 Å². The lowest BCUT2D eigenvalue weighted by molar-refractivity contribution is -0.116. The summed E-state index contributed by atoms with van der Waals surface area (Å²) in [6, 6.07) is 15.2. The number of carbonyl (C=O) groups excluding carboxylic acids is 2. The molecule has 148 valence electrons. The number of rotatable bonds is 4. The first kappa shape index (κ1) is 18.7. The highest BCUT2D eigenvalue weighted by Gasteiger charge is 2.24. The maximum atomic E-state index is 12.5. The summed E-state index contributed by atoms with van der Waals surface area (Å²) >= 11 is 0. The molecule has 1 aliphatic rings. The zero-order valence-corrected chi connectivity index (χ0v) is 16.5. The first-order valence-corrected chi connectivity index (χ1v) is 9.55. The van der Waals surface area contributed by atoms with E-state index in [1.807, 2.05) is 61.8 Å². The number of hydrogen-bond donors (Lipinski definition) is 2. The van der Waals surface area contributed by atoms with Gasteiger partial charge in [-0.15, -0.1) is 0 Å². The number of urea groups is 1. The van der Waals surface area contributed by atoms with Gasteiger partial charge in [0.25, 0.3) is 0 Å².